The third-order valence-electron chi connectivity index (χ3n) is 4.21. The van der Waals surface area contributed by atoms with E-state index in [9.17, 15) is 5.11 Å². The van der Waals surface area contributed by atoms with Crippen LogP contribution in [-0.2, 0) is 13.1 Å². The standard InChI is InChI=1S/C23H24N2O/c1-2-23(21-13-15-22(26)16-14-21)24-25(17-19-9-5-3-6-10-19)18-20-11-7-4-8-12-20/h3-16,26H,2,17-18H2,1H3. The van der Waals surface area contributed by atoms with E-state index in [1.807, 2.05) is 24.3 Å². The fourth-order valence-electron chi connectivity index (χ4n) is 2.87. The predicted molar refractivity (Wildman–Crippen MR) is 107 cm³/mol. The predicted octanol–water partition coefficient (Wildman–Crippen LogP) is 5.21. The molecule has 0 heterocycles. The van der Waals surface area contributed by atoms with Crippen molar-refractivity contribution in [2.45, 2.75) is 26.4 Å². The Bertz CT molecular complexity index is 786. The van der Waals surface area contributed by atoms with Crippen LogP contribution in [0.2, 0.25) is 0 Å². The fourth-order valence-corrected chi connectivity index (χ4v) is 2.87. The van der Waals surface area contributed by atoms with Crippen molar-refractivity contribution in [2.75, 3.05) is 0 Å². The molecule has 0 aromatic heterocycles. The van der Waals surface area contributed by atoms with Gasteiger partial charge < -0.3 is 5.11 Å². The van der Waals surface area contributed by atoms with E-state index in [1.54, 1.807) is 12.1 Å². The van der Waals surface area contributed by atoms with E-state index in [0.717, 1.165) is 30.8 Å². The first-order chi connectivity index (χ1) is 12.7. The second-order valence-corrected chi connectivity index (χ2v) is 6.24. The number of aromatic hydroxyl groups is 1. The molecule has 132 valence electrons. The number of hydrogen-bond acceptors (Lipinski definition) is 3. The van der Waals surface area contributed by atoms with E-state index in [2.05, 4.69) is 60.5 Å². The summed E-state index contributed by atoms with van der Waals surface area (Å²) in [6, 6.07) is 28.0. The molecule has 0 spiro atoms. The molecule has 0 aliphatic rings. The quantitative estimate of drug-likeness (QED) is 0.472. The summed E-state index contributed by atoms with van der Waals surface area (Å²) in [5.74, 6) is 0.273. The van der Waals surface area contributed by atoms with Crippen molar-refractivity contribution in [2.24, 2.45) is 5.10 Å². The Labute approximate surface area is 155 Å². The highest BCUT2D eigenvalue weighted by Crippen LogP contribution is 2.15. The normalized spacial score (nSPS) is 11.3. The molecule has 0 radical (unpaired) electrons. The lowest BCUT2D eigenvalue weighted by atomic mass is 10.1. The number of phenols is 1. The summed E-state index contributed by atoms with van der Waals surface area (Å²) in [5.41, 5.74) is 4.51. The zero-order valence-electron chi connectivity index (χ0n) is 15.0. The Morgan fingerprint density at radius 2 is 1.27 bits per heavy atom. The first kappa shape index (κ1) is 17.7. The van der Waals surface area contributed by atoms with Crippen LogP contribution in [0, 0.1) is 0 Å². The van der Waals surface area contributed by atoms with Gasteiger partial charge in [-0.25, -0.2) is 0 Å². The summed E-state index contributed by atoms with van der Waals surface area (Å²) in [7, 11) is 0. The maximum absolute atomic E-state index is 9.53. The largest absolute Gasteiger partial charge is 0.508 e. The summed E-state index contributed by atoms with van der Waals surface area (Å²) in [5, 5.41) is 16.6. The van der Waals surface area contributed by atoms with Crippen molar-refractivity contribution in [1.29, 1.82) is 0 Å². The minimum absolute atomic E-state index is 0.273. The zero-order valence-corrected chi connectivity index (χ0v) is 15.0. The van der Waals surface area contributed by atoms with Crippen LogP contribution in [0.25, 0.3) is 0 Å². The van der Waals surface area contributed by atoms with Gasteiger partial charge in [-0.2, -0.15) is 5.10 Å². The number of hydrogen-bond donors (Lipinski definition) is 1. The molecule has 3 heteroatoms. The summed E-state index contributed by atoms with van der Waals surface area (Å²) in [6.45, 7) is 3.60. The van der Waals surface area contributed by atoms with Crippen molar-refractivity contribution in [3.63, 3.8) is 0 Å². The first-order valence-corrected chi connectivity index (χ1v) is 8.94. The Morgan fingerprint density at radius 3 is 1.73 bits per heavy atom. The number of nitrogens with zero attached hydrogens (tertiary/aromatic N) is 2. The number of rotatable bonds is 7. The van der Waals surface area contributed by atoms with Crippen LogP contribution in [0.4, 0.5) is 0 Å². The molecule has 0 fully saturated rings. The van der Waals surface area contributed by atoms with E-state index in [4.69, 9.17) is 5.10 Å². The number of phenolic OH excluding ortho intramolecular Hbond substituents is 1. The van der Waals surface area contributed by atoms with Crippen LogP contribution in [0.5, 0.6) is 5.75 Å². The molecule has 0 aliphatic heterocycles. The maximum atomic E-state index is 9.53. The molecule has 0 bridgehead atoms. The molecule has 0 saturated carbocycles. The first-order valence-electron chi connectivity index (χ1n) is 8.94. The van der Waals surface area contributed by atoms with Crippen molar-refractivity contribution >= 4 is 5.71 Å². The lowest BCUT2D eigenvalue weighted by molar-refractivity contribution is 0.270. The van der Waals surface area contributed by atoms with Crippen molar-refractivity contribution in [3.05, 3.63) is 102 Å². The number of hydrazone groups is 1. The molecule has 3 rings (SSSR count). The molecule has 3 aromatic rings. The van der Waals surface area contributed by atoms with E-state index >= 15 is 0 Å². The van der Waals surface area contributed by atoms with Crippen LogP contribution in [0.1, 0.15) is 30.0 Å². The van der Waals surface area contributed by atoms with Gasteiger partial charge in [0.05, 0.1) is 18.8 Å². The average Bonchev–Trinajstić information content (AvgIpc) is 2.68. The highest BCUT2D eigenvalue weighted by atomic mass is 16.3. The molecule has 26 heavy (non-hydrogen) atoms. The summed E-state index contributed by atoms with van der Waals surface area (Å²) < 4.78 is 0. The second-order valence-electron chi connectivity index (χ2n) is 6.24. The topological polar surface area (TPSA) is 35.8 Å². The highest BCUT2D eigenvalue weighted by Gasteiger charge is 2.08. The Balaban J connectivity index is 1.88. The van der Waals surface area contributed by atoms with Crippen LogP contribution in [-0.4, -0.2) is 15.8 Å². The minimum atomic E-state index is 0.273. The molecule has 3 nitrogen and oxygen atoms in total. The van der Waals surface area contributed by atoms with Gasteiger partial charge in [0.15, 0.2) is 0 Å². The van der Waals surface area contributed by atoms with E-state index < -0.39 is 0 Å². The summed E-state index contributed by atoms with van der Waals surface area (Å²) in [6.07, 6.45) is 0.824. The van der Waals surface area contributed by atoms with Crippen molar-refractivity contribution < 1.29 is 5.11 Å². The monoisotopic (exact) mass is 344 g/mol. The van der Waals surface area contributed by atoms with Gasteiger partial charge in [-0.15, -0.1) is 0 Å². The lowest BCUT2D eigenvalue weighted by Crippen LogP contribution is -2.19. The maximum Gasteiger partial charge on any atom is 0.115 e. The molecule has 0 atom stereocenters. The van der Waals surface area contributed by atoms with Gasteiger partial charge >= 0.3 is 0 Å². The molecule has 0 aliphatic carbocycles. The Hall–Kier alpha value is -3.07. The van der Waals surface area contributed by atoms with E-state index in [1.165, 1.54) is 11.1 Å². The Kier molecular flexibility index (Phi) is 6.05. The average molecular weight is 344 g/mol. The van der Waals surface area contributed by atoms with E-state index in [0.29, 0.717) is 0 Å². The highest BCUT2D eigenvalue weighted by molar-refractivity contribution is 6.00. The van der Waals surface area contributed by atoms with Gasteiger partial charge in [0.2, 0.25) is 0 Å². The molecular formula is C23H24N2O. The van der Waals surface area contributed by atoms with Gasteiger partial charge in [-0.1, -0.05) is 67.6 Å². The Morgan fingerprint density at radius 1 is 0.769 bits per heavy atom. The number of benzene rings is 3. The zero-order chi connectivity index (χ0) is 18.2. The van der Waals surface area contributed by atoms with Gasteiger partial charge in [0, 0.05) is 0 Å². The molecule has 0 amide bonds. The van der Waals surface area contributed by atoms with E-state index in [-0.39, 0.29) is 5.75 Å². The third kappa shape index (κ3) is 4.96. The minimum Gasteiger partial charge on any atom is -0.508 e. The van der Waals surface area contributed by atoms with Crippen LogP contribution < -0.4 is 0 Å². The molecule has 0 saturated heterocycles. The van der Waals surface area contributed by atoms with Gasteiger partial charge in [-0.05, 0) is 47.4 Å². The summed E-state index contributed by atoms with van der Waals surface area (Å²) in [4.78, 5) is 0. The molecule has 0 unspecified atom stereocenters. The molecular weight excluding hydrogens is 320 g/mol. The van der Waals surface area contributed by atoms with Gasteiger partial charge in [0.1, 0.15) is 5.75 Å². The van der Waals surface area contributed by atoms with Crippen LogP contribution in [0.15, 0.2) is 90.0 Å². The lowest BCUT2D eigenvalue weighted by Gasteiger charge is -2.21. The molecule has 1 N–H and O–H groups in total. The van der Waals surface area contributed by atoms with Gasteiger partial charge in [0.25, 0.3) is 0 Å². The fraction of sp³-hybridized carbons (Fsp3) is 0.174. The van der Waals surface area contributed by atoms with Crippen molar-refractivity contribution in [1.82, 2.24) is 5.01 Å². The molecule has 3 aromatic carbocycles. The third-order valence-corrected chi connectivity index (χ3v) is 4.21. The smallest absolute Gasteiger partial charge is 0.115 e. The van der Waals surface area contributed by atoms with Crippen LogP contribution >= 0.6 is 0 Å². The van der Waals surface area contributed by atoms with Crippen molar-refractivity contribution in [3.8, 4) is 5.75 Å². The van der Waals surface area contributed by atoms with Crippen LogP contribution in [0.3, 0.4) is 0 Å². The van der Waals surface area contributed by atoms with Gasteiger partial charge in [-0.3, -0.25) is 5.01 Å². The SMILES string of the molecule is CCC(=NN(Cc1ccccc1)Cc1ccccc1)c1ccc(O)cc1. The second kappa shape index (κ2) is 8.86. The summed E-state index contributed by atoms with van der Waals surface area (Å²) >= 11 is 0.